The van der Waals surface area contributed by atoms with E-state index >= 15 is 0 Å². The summed E-state index contributed by atoms with van der Waals surface area (Å²) >= 11 is 3.41. The molecule has 2 aromatic carbocycles. The van der Waals surface area contributed by atoms with Gasteiger partial charge < -0.3 is 10.2 Å². The summed E-state index contributed by atoms with van der Waals surface area (Å²) in [6.07, 6.45) is 2.48. The average molecular weight is 567 g/mol. The van der Waals surface area contributed by atoms with Crippen LogP contribution in [0.1, 0.15) is 51.7 Å². The monoisotopic (exact) mass is 565 g/mol. The van der Waals surface area contributed by atoms with Crippen molar-refractivity contribution in [2.24, 2.45) is 0 Å². The first-order valence-corrected chi connectivity index (χ1v) is 14.5. The van der Waals surface area contributed by atoms with Crippen LogP contribution in [0.25, 0.3) is 0 Å². The van der Waals surface area contributed by atoms with Gasteiger partial charge in [-0.1, -0.05) is 47.1 Å². The van der Waals surface area contributed by atoms with Gasteiger partial charge in [-0.3, -0.25) is 13.9 Å². The molecule has 7 nitrogen and oxygen atoms in total. The zero-order valence-electron chi connectivity index (χ0n) is 21.1. The van der Waals surface area contributed by atoms with Crippen molar-refractivity contribution >= 4 is 43.5 Å². The Kier molecular flexibility index (Phi) is 10.8. The lowest BCUT2D eigenvalue weighted by atomic mass is 10.1. The minimum atomic E-state index is -3.51. The fourth-order valence-corrected chi connectivity index (χ4v) is 4.91. The molecular weight excluding hydrogens is 530 g/mol. The highest BCUT2D eigenvalue weighted by atomic mass is 79.9. The zero-order chi connectivity index (χ0) is 26.2. The van der Waals surface area contributed by atoms with Crippen LogP contribution in [0.15, 0.2) is 53.0 Å². The molecule has 0 radical (unpaired) electrons. The molecule has 1 unspecified atom stereocenters. The van der Waals surface area contributed by atoms with Gasteiger partial charge in [-0.15, -0.1) is 0 Å². The van der Waals surface area contributed by atoms with Gasteiger partial charge in [0.05, 0.1) is 11.9 Å². The molecule has 2 rings (SSSR count). The molecule has 0 aromatic heterocycles. The Morgan fingerprint density at radius 2 is 1.54 bits per heavy atom. The smallest absolute Gasteiger partial charge is 0.242 e. The van der Waals surface area contributed by atoms with E-state index in [-0.39, 0.29) is 37.4 Å². The molecule has 192 valence electrons. The third-order valence-corrected chi connectivity index (χ3v) is 7.37. The summed E-state index contributed by atoms with van der Waals surface area (Å²) in [6, 6.07) is 14.3. The fraction of sp³-hybridized carbons (Fsp3) is 0.462. The summed E-state index contributed by atoms with van der Waals surface area (Å²) < 4.78 is 27.1. The second-order valence-corrected chi connectivity index (χ2v) is 11.8. The Morgan fingerprint density at radius 1 is 0.971 bits per heavy atom. The van der Waals surface area contributed by atoms with Crippen molar-refractivity contribution in [3.05, 3.63) is 64.1 Å². The van der Waals surface area contributed by atoms with Crippen LogP contribution in [0.3, 0.4) is 0 Å². The van der Waals surface area contributed by atoms with E-state index in [9.17, 15) is 18.0 Å². The lowest BCUT2D eigenvalue weighted by Crippen LogP contribution is -2.49. The second-order valence-electron chi connectivity index (χ2n) is 8.95. The van der Waals surface area contributed by atoms with Crippen LogP contribution in [-0.4, -0.2) is 50.0 Å². The molecule has 0 aliphatic carbocycles. The zero-order valence-corrected chi connectivity index (χ0v) is 23.5. The number of halogens is 1. The first-order chi connectivity index (χ1) is 16.4. The van der Waals surface area contributed by atoms with Crippen molar-refractivity contribution in [1.82, 2.24) is 10.2 Å². The summed E-state index contributed by atoms with van der Waals surface area (Å²) in [5.41, 5.74) is 2.60. The van der Waals surface area contributed by atoms with Crippen molar-refractivity contribution in [3.63, 3.8) is 0 Å². The molecule has 0 heterocycles. The minimum Gasteiger partial charge on any atom is -0.352 e. The van der Waals surface area contributed by atoms with Crippen molar-refractivity contribution in [2.45, 2.75) is 65.6 Å². The fourth-order valence-electron chi connectivity index (χ4n) is 3.68. The second kappa shape index (κ2) is 13.1. The highest BCUT2D eigenvalue weighted by Crippen LogP contribution is 2.20. The predicted octanol–water partition coefficient (Wildman–Crippen LogP) is 4.50. The summed E-state index contributed by atoms with van der Waals surface area (Å²) in [5, 5.41) is 2.87. The highest BCUT2D eigenvalue weighted by Gasteiger charge is 2.27. The Hall–Kier alpha value is -2.39. The number of carbonyl (C=O) groups is 2. The van der Waals surface area contributed by atoms with E-state index < -0.39 is 16.1 Å². The minimum absolute atomic E-state index is 0.0444. The molecule has 0 saturated heterocycles. The molecule has 0 bridgehead atoms. The van der Waals surface area contributed by atoms with E-state index in [2.05, 4.69) is 21.2 Å². The van der Waals surface area contributed by atoms with Gasteiger partial charge in [-0.25, -0.2) is 8.42 Å². The normalized spacial score (nSPS) is 12.3. The van der Waals surface area contributed by atoms with Crippen molar-refractivity contribution < 1.29 is 18.0 Å². The van der Waals surface area contributed by atoms with E-state index in [1.165, 1.54) is 10.6 Å². The van der Waals surface area contributed by atoms with E-state index in [0.717, 1.165) is 22.0 Å². The average Bonchev–Trinajstić information content (AvgIpc) is 2.79. The standard InChI is InChI=1S/C26H36BrN3O4S/c1-6-21-11-15-24(16-12-21)30(35(5,33)34)17-7-8-25(31)29(20(4)26(32)28-19(2)3)18-22-9-13-23(27)14-10-22/h9-16,19-20H,6-8,17-18H2,1-5H3,(H,28,32). The Bertz CT molecular complexity index is 1090. The third-order valence-electron chi connectivity index (χ3n) is 5.65. The number of carbonyl (C=O) groups excluding carboxylic acids is 2. The Morgan fingerprint density at radius 3 is 2.06 bits per heavy atom. The Balaban J connectivity index is 2.15. The van der Waals surface area contributed by atoms with Crippen LogP contribution in [0.2, 0.25) is 0 Å². The molecule has 2 aromatic rings. The van der Waals surface area contributed by atoms with Gasteiger partial charge >= 0.3 is 0 Å². The van der Waals surface area contributed by atoms with Crippen LogP contribution in [0.5, 0.6) is 0 Å². The number of aryl methyl sites for hydroxylation is 1. The molecule has 0 fully saturated rings. The van der Waals surface area contributed by atoms with Gasteiger partial charge in [0.25, 0.3) is 0 Å². The molecule has 1 atom stereocenters. The number of sulfonamides is 1. The summed E-state index contributed by atoms with van der Waals surface area (Å²) in [4.78, 5) is 27.5. The van der Waals surface area contributed by atoms with E-state index in [0.29, 0.717) is 12.1 Å². The number of nitrogens with zero attached hydrogens (tertiary/aromatic N) is 2. The molecule has 0 spiro atoms. The number of hydrogen-bond donors (Lipinski definition) is 1. The van der Waals surface area contributed by atoms with Crippen molar-refractivity contribution in [2.75, 3.05) is 17.1 Å². The Labute approximate surface area is 218 Å². The molecule has 1 N–H and O–H groups in total. The first-order valence-electron chi connectivity index (χ1n) is 11.8. The summed E-state index contributed by atoms with van der Waals surface area (Å²) in [6.45, 7) is 7.96. The van der Waals surface area contributed by atoms with Crippen LogP contribution < -0.4 is 9.62 Å². The predicted molar refractivity (Wildman–Crippen MR) is 145 cm³/mol. The van der Waals surface area contributed by atoms with Gasteiger partial charge in [0.15, 0.2) is 0 Å². The number of amides is 2. The van der Waals surface area contributed by atoms with Crippen molar-refractivity contribution in [1.29, 1.82) is 0 Å². The lowest BCUT2D eigenvalue weighted by molar-refractivity contribution is -0.140. The van der Waals surface area contributed by atoms with Crippen LogP contribution >= 0.6 is 15.9 Å². The largest absolute Gasteiger partial charge is 0.352 e. The van der Waals surface area contributed by atoms with E-state index in [1.807, 2.05) is 57.2 Å². The number of anilines is 1. The quantitative estimate of drug-likeness (QED) is 0.410. The number of nitrogens with one attached hydrogen (secondary N) is 1. The molecule has 35 heavy (non-hydrogen) atoms. The van der Waals surface area contributed by atoms with Crippen LogP contribution in [-0.2, 0) is 32.6 Å². The number of benzene rings is 2. The molecule has 9 heteroatoms. The summed E-state index contributed by atoms with van der Waals surface area (Å²) in [7, 11) is -3.51. The van der Waals surface area contributed by atoms with Gasteiger partial charge in [0.2, 0.25) is 21.8 Å². The van der Waals surface area contributed by atoms with Crippen LogP contribution in [0.4, 0.5) is 5.69 Å². The maximum absolute atomic E-state index is 13.3. The maximum Gasteiger partial charge on any atom is 0.242 e. The topological polar surface area (TPSA) is 86.8 Å². The van der Waals surface area contributed by atoms with E-state index in [4.69, 9.17) is 0 Å². The molecule has 0 saturated carbocycles. The number of hydrogen-bond acceptors (Lipinski definition) is 4. The van der Waals surface area contributed by atoms with Crippen LogP contribution in [0, 0.1) is 0 Å². The van der Waals surface area contributed by atoms with Crippen molar-refractivity contribution in [3.8, 4) is 0 Å². The SMILES string of the molecule is CCc1ccc(N(CCCC(=O)N(Cc2ccc(Br)cc2)C(C)C(=O)NC(C)C)S(C)(=O)=O)cc1. The molecule has 2 amide bonds. The maximum atomic E-state index is 13.3. The molecular formula is C26H36BrN3O4S. The van der Waals surface area contributed by atoms with Gasteiger partial charge in [0.1, 0.15) is 6.04 Å². The molecule has 0 aliphatic rings. The van der Waals surface area contributed by atoms with Gasteiger partial charge in [0, 0.05) is 30.0 Å². The molecule has 0 aliphatic heterocycles. The number of rotatable bonds is 12. The van der Waals surface area contributed by atoms with E-state index in [1.54, 1.807) is 24.0 Å². The highest BCUT2D eigenvalue weighted by molar-refractivity contribution is 9.10. The van der Waals surface area contributed by atoms with Gasteiger partial charge in [-0.05, 0) is 69.0 Å². The lowest BCUT2D eigenvalue weighted by Gasteiger charge is -2.30. The van der Waals surface area contributed by atoms with Gasteiger partial charge in [-0.2, -0.15) is 0 Å². The third kappa shape index (κ3) is 8.96. The summed E-state index contributed by atoms with van der Waals surface area (Å²) in [5.74, 6) is -0.423. The first kappa shape index (κ1) is 28.8.